The average molecular weight is 963 g/mol. The predicted molar refractivity (Wildman–Crippen MR) is 232 cm³/mol. The maximum absolute atomic E-state index is 13.5. The van der Waals surface area contributed by atoms with Gasteiger partial charge in [-0.15, -0.1) is 0 Å². The zero-order valence-corrected chi connectivity index (χ0v) is 35.6. The van der Waals surface area contributed by atoms with Crippen LogP contribution in [0.1, 0.15) is 0 Å². The molecule has 270 valence electrons. The van der Waals surface area contributed by atoms with Crippen LogP contribution in [0.3, 0.4) is 0 Å². The summed E-state index contributed by atoms with van der Waals surface area (Å²) in [7, 11) is -11.5. The second-order valence-electron chi connectivity index (χ2n) is 12.6. The van der Waals surface area contributed by atoms with E-state index in [0.29, 0.717) is 31.8 Å². The van der Waals surface area contributed by atoms with Crippen molar-refractivity contribution >= 4 is 102 Å². The molecule has 0 saturated heterocycles. The first-order chi connectivity index (χ1) is 25.7. The molecule has 12 heteroatoms. The fourth-order valence-electron chi connectivity index (χ4n) is 6.07. The lowest BCUT2D eigenvalue weighted by molar-refractivity contribution is 0.499. The van der Waals surface area contributed by atoms with E-state index in [1.54, 1.807) is 109 Å². The van der Waals surface area contributed by atoms with E-state index < -0.39 is 22.1 Å². The maximum atomic E-state index is 13.5. The molecule has 0 saturated carbocycles. The smallest absolute Gasteiger partial charge is 0.258 e. The third-order valence-corrected chi connectivity index (χ3v) is 16.7. The molecule has 0 fully saturated rings. The van der Waals surface area contributed by atoms with Gasteiger partial charge in [0.2, 0.25) is 0 Å². The molecule has 0 aliphatic carbocycles. The Kier molecular flexibility index (Phi) is 11.2. The first-order valence-corrected chi connectivity index (χ1v) is 23.8. The molecule has 0 aliphatic heterocycles. The summed E-state index contributed by atoms with van der Waals surface area (Å²) < 4.78 is 43.0. The summed E-state index contributed by atoms with van der Waals surface area (Å²) >= 11 is 10.1. The Balaban J connectivity index is 1.27. The van der Waals surface area contributed by atoms with Crippen LogP contribution >= 0.6 is 69.9 Å². The third-order valence-electron chi connectivity index (χ3n) is 9.11. The van der Waals surface area contributed by atoms with Gasteiger partial charge in [0.05, 0.1) is 0 Å². The van der Waals surface area contributed by atoms with Gasteiger partial charge in [0.25, 0.3) is 22.1 Å². The van der Waals surface area contributed by atoms with Crippen molar-refractivity contribution in [3.63, 3.8) is 0 Å². The molecule has 3 N–H and O–H groups in total. The van der Waals surface area contributed by atoms with E-state index in [1.807, 2.05) is 54.6 Å². The number of hydrogen-bond donors (Lipinski definition) is 3. The van der Waals surface area contributed by atoms with Crippen LogP contribution in [0, 0.1) is 0 Å². The SMILES string of the molecule is O=P(O)(c1ccc(Br)cc1)c1ccc(-c2cc(-c3ccc(P(=O)(O)c4ccc(Br)cc4)cc3)cc(-c3ccc(P(=O)(O)c4ccc(Br)cc4)cc3)c2)cc1. The van der Waals surface area contributed by atoms with Crippen molar-refractivity contribution in [3.8, 4) is 33.4 Å². The monoisotopic (exact) mass is 960 g/mol. The van der Waals surface area contributed by atoms with E-state index in [9.17, 15) is 28.4 Å². The average Bonchev–Trinajstić information content (AvgIpc) is 3.18. The second-order valence-corrected chi connectivity index (χ2v) is 21.9. The molecule has 7 aromatic rings. The Labute approximate surface area is 338 Å². The van der Waals surface area contributed by atoms with Crippen molar-refractivity contribution < 1.29 is 28.4 Å². The fourth-order valence-corrected chi connectivity index (χ4v) is 11.1. The highest BCUT2D eigenvalue weighted by Gasteiger charge is 2.26. The first kappa shape index (κ1) is 38.8. The van der Waals surface area contributed by atoms with Gasteiger partial charge in [-0.2, -0.15) is 0 Å². The van der Waals surface area contributed by atoms with E-state index in [0.717, 1.165) is 46.8 Å². The van der Waals surface area contributed by atoms with Crippen molar-refractivity contribution in [2.75, 3.05) is 0 Å². The van der Waals surface area contributed by atoms with Gasteiger partial charge >= 0.3 is 0 Å². The molecule has 0 spiro atoms. The molecule has 6 nitrogen and oxygen atoms in total. The van der Waals surface area contributed by atoms with Crippen LogP contribution in [0.4, 0.5) is 0 Å². The van der Waals surface area contributed by atoms with Gasteiger partial charge in [-0.25, -0.2) is 0 Å². The van der Waals surface area contributed by atoms with Crippen LogP contribution in [-0.4, -0.2) is 14.7 Å². The molecule has 7 rings (SSSR count). The van der Waals surface area contributed by atoms with Crippen LogP contribution in [0.25, 0.3) is 33.4 Å². The highest BCUT2D eigenvalue weighted by molar-refractivity contribution is 9.11. The maximum Gasteiger partial charge on any atom is 0.258 e. The molecular weight excluding hydrogens is 933 g/mol. The molecular formula is C42H30Br3O6P3. The highest BCUT2D eigenvalue weighted by Crippen LogP contribution is 2.42. The fraction of sp³-hybridized carbons (Fsp3) is 0. The highest BCUT2D eigenvalue weighted by atomic mass is 79.9. The minimum Gasteiger partial charge on any atom is -0.338 e. The van der Waals surface area contributed by atoms with Crippen molar-refractivity contribution in [2.24, 2.45) is 0 Å². The summed E-state index contributed by atoms with van der Waals surface area (Å²) in [5.74, 6) is 0. The van der Waals surface area contributed by atoms with Crippen molar-refractivity contribution in [2.45, 2.75) is 0 Å². The van der Waals surface area contributed by atoms with Gasteiger partial charge in [0, 0.05) is 45.2 Å². The standard InChI is InChI=1S/C42H30Br3O6P3/c43-34-7-19-40(20-8-34)52(46,47)37-13-1-28(2-14-37)31-25-32(29-3-15-38(16-4-29)53(48,49)41-21-9-35(44)10-22-41)27-33(26-31)30-5-17-39(18-6-30)54(50,51)42-23-11-36(45)12-24-42/h1-27H,(H,46,47)(H,48,49)(H,50,51). The number of rotatable bonds is 9. The molecule has 0 aromatic heterocycles. The summed E-state index contributed by atoms with van der Waals surface area (Å²) in [5, 5.41) is 1.89. The Hall–Kier alpha value is -3.45. The Morgan fingerprint density at radius 1 is 0.278 bits per heavy atom. The molecule has 3 unspecified atom stereocenters. The van der Waals surface area contributed by atoms with Crippen LogP contribution in [0.15, 0.2) is 177 Å². The minimum absolute atomic E-state index is 0.301. The van der Waals surface area contributed by atoms with Crippen molar-refractivity contribution in [3.05, 3.63) is 177 Å². The Morgan fingerprint density at radius 2 is 0.444 bits per heavy atom. The lowest BCUT2D eigenvalue weighted by Gasteiger charge is -2.16. The van der Waals surface area contributed by atoms with Crippen LogP contribution in [-0.2, 0) is 13.7 Å². The molecule has 54 heavy (non-hydrogen) atoms. The Morgan fingerprint density at radius 3 is 0.630 bits per heavy atom. The Bertz CT molecular complexity index is 2310. The van der Waals surface area contributed by atoms with E-state index in [2.05, 4.69) is 47.8 Å². The van der Waals surface area contributed by atoms with E-state index >= 15 is 0 Å². The number of benzene rings is 7. The van der Waals surface area contributed by atoms with Gasteiger partial charge in [-0.05, 0) is 161 Å². The van der Waals surface area contributed by atoms with Gasteiger partial charge in [0.15, 0.2) is 0 Å². The number of halogens is 3. The van der Waals surface area contributed by atoms with Crippen molar-refractivity contribution in [1.29, 1.82) is 0 Å². The first-order valence-electron chi connectivity index (χ1n) is 16.5. The van der Waals surface area contributed by atoms with Crippen LogP contribution in [0.5, 0.6) is 0 Å². The molecule has 0 radical (unpaired) electrons. The zero-order valence-electron chi connectivity index (χ0n) is 28.1. The molecule has 3 atom stereocenters. The number of hydrogen-bond acceptors (Lipinski definition) is 3. The van der Waals surface area contributed by atoms with Gasteiger partial charge < -0.3 is 14.7 Å². The van der Waals surface area contributed by atoms with Crippen molar-refractivity contribution in [1.82, 2.24) is 0 Å². The van der Waals surface area contributed by atoms with Gasteiger partial charge in [0.1, 0.15) is 0 Å². The molecule has 0 aliphatic rings. The summed E-state index contributed by atoms with van der Waals surface area (Å²) in [6, 6.07) is 47.1. The molecule has 0 heterocycles. The second kappa shape index (κ2) is 15.6. The zero-order chi connectivity index (χ0) is 38.3. The van der Waals surface area contributed by atoms with Gasteiger partial charge in [-0.1, -0.05) is 84.2 Å². The minimum atomic E-state index is -3.84. The molecule has 7 aromatic carbocycles. The summed E-state index contributed by atoms with van der Waals surface area (Å²) in [6.07, 6.45) is 0. The van der Waals surface area contributed by atoms with E-state index in [1.165, 1.54) is 0 Å². The predicted octanol–water partition coefficient (Wildman–Crippen LogP) is 9.64. The largest absolute Gasteiger partial charge is 0.338 e. The normalized spacial score (nSPS) is 14.8. The topological polar surface area (TPSA) is 112 Å². The lowest BCUT2D eigenvalue weighted by Crippen LogP contribution is -2.15. The third kappa shape index (κ3) is 8.08. The quantitative estimate of drug-likeness (QED) is 0.124. The summed E-state index contributed by atoms with van der Waals surface area (Å²) in [4.78, 5) is 33.3. The van der Waals surface area contributed by atoms with Crippen LogP contribution in [0.2, 0.25) is 0 Å². The van der Waals surface area contributed by atoms with E-state index in [4.69, 9.17) is 0 Å². The van der Waals surface area contributed by atoms with Gasteiger partial charge in [-0.3, -0.25) is 13.7 Å². The van der Waals surface area contributed by atoms with Crippen LogP contribution < -0.4 is 31.8 Å². The lowest BCUT2D eigenvalue weighted by atomic mass is 9.93. The van der Waals surface area contributed by atoms with E-state index in [-0.39, 0.29) is 0 Å². The molecule has 0 bridgehead atoms. The molecule has 0 amide bonds. The summed E-state index contributed by atoms with van der Waals surface area (Å²) in [6.45, 7) is 0. The summed E-state index contributed by atoms with van der Waals surface area (Å²) in [5.41, 5.74) is 4.88.